The van der Waals surface area contributed by atoms with E-state index in [2.05, 4.69) is 15.6 Å². The Kier molecular flexibility index (Phi) is 4.12. The summed E-state index contributed by atoms with van der Waals surface area (Å²) in [6, 6.07) is 1.34. The predicted molar refractivity (Wildman–Crippen MR) is 92.4 cm³/mol. The van der Waals surface area contributed by atoms with Crippen LogP contribution in [0, 0.1) is 5.92 Å². The third-order valence-corrected chi connectivity index (χ3v) is 5.62. The summed E-state index contributed by atoms with van der Waals surface area (Å²) >= 11 is 0. The van der Waals surface area contributed by atoms with E-state index in [9.17, 15) is 18.0 Å². The number of carbonyl (C=O) groups excluding carboxylic acids is 1. The molecule has 2 atom stereocenters. The first kappa shape index (κ1) is 18.1. The number of pyridine rings is 1. The predicted octanol–water partition coefficient (Wildman–Crippen LogP) is 3.29. The number of carbonyl (C=O) groups is 1. The van der Waals surface area contributed by atoms with Crippen LogP contribution in [0.5, 0.6) is 5.75 Å². The zero-order valence-corrected chi connectivity index (χ0v) is 15.2. The lowest BCUT2D eigenvalue weighted by molar-refractivity contribution is -0.153. The monoisotopic (exact) mass is 381 g/mol. The van der Waals surface area contributed by atoms with Gasteiger partial charge in [0.05, 0.1) is 0 Å². The molecule has 2 fully saturated rings. The first-order chi connectivity index (χ1) is 12.7. The lowest BCUT2D eigenvalue weighted by Crippen LogP contribution is -2.47. The van der Waals surface area contributed by atoms with Crippen molar-refractivity contribution < 1.29 is 22.7 Å². The average molecular weight is 381 g/mol. The highest BCUT2D eigenvalue weighted by molar-refractivity contribution is 5.93. The zero-order valence-electron chi connectivity index (χ0n) is 15.2. The van der Waals surface area contributed by atoms with Gasteiger partial charge in [-0.2, -0.15) is 13.2 Å². The van der Waals surface area contributed by atoms with Crippen molar-refractivity contribution in [3.05, 3.63) is 34.8 Å². The number of ether oxygens (including phenoxy) is 1. The van der Waals surface area contributed by atoms with Crippen LogP contribution < -0.4 is 15.4 Å². The maximum absolute atomic E-state index is 12.7. The molecule has 146 valence electrons. The molecule has 0 bridgehead atoms. The lowest BCUT2D eigenvalue weighted by atomic mass is 9.94. The van der Waals surface area contributed by atoms with E-state index in [0.29, 0.717) is 17.9 Å². The summed E-state index contributed by atoms with van der Waals surface area (Å²) in [5.74, 6) is 0.199. The maximum atomic E-state index is 12.7. The van der Waals surface area contributed by atoms with Gasteiger partial charge in [0.15, 0.2) is 6.61 Å². The largest absolute Gasteiger partial charge is 0.484 e. The van der Waals surface area contributed by atoms with Crippen LogP contribution in [0.4, 0.5) is 13.2 Å². The van der Waals surface area contributed by atoms with Gasteiger partial charge in [0.2, 0.25) is 0 Å². The quantitative estimate of drug-likeness (QED) is 0.794. The van der Waals surface area contributed by atoms with E-state index >= 15 is 0 Å². The highest BCUT2D eigenvalue weighted by Crippen LogP contribution is 2.55. The second-order valence-electron chi connectivity index (χ2n) is 7.84. The van der Waals surface area contributed by atoms with E-state index in [-0.39, 0.29) is 23.3 Å². The number of aromatic nitrogens is 1. The van der Waals surface area contributed by atoms with Crippen molar-refractivity contribution in [1.82, 2.24) is 15.6 Å². The fraction of sp³-hybridized carbons (Fsp3) is 0.579. The summed E-state index contributed by atoms with van der Waals surface area (Å²) in [5, 5.41) is 6.21. The minimum absolute atomic E-state index is 0.0814. The molecule has 2 N–H and O–H groups in total. The van der Waals surface area contributed by atoms with Crippen LogP contribution in [0.2, 0.25) is 0 Å². The Labute approximate surface area is 155 Å². The van der Waals surface area contributed by atoms with Crippen molar-refractivity contribution in [3.8, 4) is 5.75 Å². The van der Waals surface area contributed by atoms with E-state index < -0.39 is 18.3 Å². The summed E-state index contributed by atoms with van der Waals surface area (Å²) in [7, 11) is 1.87. The van der Waals surface area contributed by atoms with Gasteiger partial charge in [-0.25, -0.2) is 0 Å². The molecule has 0 aromatic carbocycles. The van der Waals surface area contributed by atoms with Gasteiger partial charge in [-0.05, 0) is 37.7 Å². The summed E-state index contributed by atoms with van der Waals surface area (Å²) in [4.78, 5) is 16.9. The van der Waals surface area contributed by atoms with Gasteiger partial charge in [-0.1, -0.05) is 0 Å². The number of rotatable bonds is 6. The summed E-state index contributed by atoms with van der Waals surface area (Å²) < 4.78 is 42.7. The van der Waals surface area contributed by atoms with Crippen molar-refractivity contribution in [1.29, 1.82) is 0 Å². The van der Waals surface area contributed by atoms with Gasteiger partial charge in [0.25, 0.3) is 5.91 Å². The minimum atomic E-state index is -4.43. The number of halogens is 3. The fourth-order valence-electron chi connectivity index (χ4n) is 3.97. The van der Waals surface area contributed by atoms with E-state index in [0.717, 1.165) is 25.0 Å². The maximum Gasteiger partial charge on any atom is 0.422 e. The van der Waals surface area contributed by atoms with Crippen molar-refractivity contribution in [3.63, 3.8) is 0 Å². The van der Waals surface area contributed by atoms with Crippen LogP contribution in [0.25, 0.3) is 0 Å². The number of nitrogens with one attached hydrogen (secondary N) is 2. The van der Waals surface area contributed by atoms with Crippen LogP contribution in [0.3, 0.4) is 0 Å². The second-order valence-corrected chi connectivity index (χ2v) is 7.84. The molecule has 27 heavy (non-hydrogen) atoms. The Morgan fingerprint density at radius 3 is 2.74 bits per heavy atom. The van der Waals surface area contributed by atoms with E-state index in [1.54, 1.807) is 0 Å². The fourth-order valence-corrected chi connectivity index (χ4v) is 3.97. The third kappa shape index (κ3) is 3.61. The highest BCUT2D eigenvalue weighted by Gasteiger charge is 2.54. The van der Waals surface area contributed by atoms with Gasteiger partial charge >= 0.3 is 6.18 Å². The highest BCUT2D eigenvalue weighted by atomic mass is 19.4. The Morgan fingerprint density at radius 2 is 2.15 bits per heavy atom. The molecule has 3 aliphatic carbocycles. The van der Waals surface area contributed by atoms with E-state index in [1.807, 2.05) is 14.0 Å². The zero-order chi connectivity index (χ0) is 19.4. The van der Waals surface area contributed by atoms with Crippen molar-refractivity contribution >= 4 is 5.91 Å². The Balaban J connectivity index is 1.51. The van der Waals surface area contributed by atoms with Gasteiger partial charge in [0, 0.05) is 48.4 Å². The Hall–Kier alpha value is -2.25. The summed E-state index contributed by atoms with van der Waals surface area (Å²) in [6.45, 7) is 0.614. The Morgan fingerprint density at radius 1 is 1.41 bits per heavy atom. The third-order valence-electron chi connectivity index (χ3n) is 5.62. The molecule has 5 nitrogen and oxygen atoms in total. The summed E-state index contributed by atoms with van der Waals surface area (Å²) in [6.07, 6.45) is 0.525. The first-order valence-electron chi connectivity index (χ1n) is 9.12. The minimum Gasteiger partial charge on any atom is -0.484 e. The van der Waals surface area contributed by atoms with E-state index in [4.69, 9.17) is 4.74 Å². The molecule has 1 aromatic heterocycles. The first-order valence-corrected chi connectivity index (χ1v) is 9.12. The Bertz CT molecular complexity index is 817. The average Bonchev–Trinajstić information content (AvgIpc) is 3.50. The van der Waals surface area contributed by atoms with Crippen LogP contribution in [-0.4, -0.2) is 36.3 Å². The van der Waals surface area contributed by atoms with E-state index in [1.165, 1.54) is 17.8 Å². The molecule has 2 unspecified atom stereocenters. The van der Waals surface area contributed by atoms with Crippen molar-refractivity contribution in [2.24, 2.45) is 5.92 Å². The smallest absolute Gasteiger partial charge is 0.422 e. The normalized spacial score (nSPS) is 26.6. The molecule has 8 heteroatoms. The standard InChI is InChI=1S/C19H22F3N3O2/c1-18(7-15(23-2)11-5-13(11)18)25-17(26)14-6-16(27-9-19(20,21)22)12(8-24-14)10-3-4-10/h6,8,10,13,23H,3-5,7,9H2,1-2H3,(H,25,26). The van der Waals surface area contributed by atoms with Crippen LogP contribution in [0.15, 0.2) is 23.5 Å². The molecule has 1 aromatic rings. The second kappa shape index (κ2) is 6.14. The number of nitrogens with zero attached hydrogens (tertiary/aromatic N) is 1. The molecule has 0 saturated heterocycles. The molecule has 0 radical (unpaired) electrons. The number of fused-ring (bicyclic) bond motifs is 1. The van der Waals surface area contributed by atoms with Crippen molar-refractivity contribution in [2.45, 2.75) is 50.2 Å². The molecule has 4 rings (SSSR count). The van der Waals surface area contributed by atoms with Crippen LogP contribution in [-0.2, 0) is 0 Å². The molecule has 0 spiro atoms. The lowest BCUT2D eigenvalue weighted by Gasteiger charge is -2.28. The van der Waals surface area contributed by atoms with Gasteiger partial charge in [-0.15, -0.1) is 0 Å². The molecular formula is C19H22F3N3O2. The van der Waals surface area contributed by atoms with Gasteiger partial charge in [0.1, 0.15) is 11.4 Å². The molecule has 1 amide bonds. The molecule has 2 saturated carbocycles. The van der Waals surface area contributed by atoms with Crippen molar-refractivity contribution in [2.75, 3.05) is 13.7 Å². The number of hydrogen-bond donors (Lipinski definition) is 2. The van der Waals surface area contributed by atoms with Crippen LogP contribution in [0.1, 0.15) is 54.6 Å². The molecule has 1 heterocycles. The molecular weight excluding hydrogens is 359 g/mol. The topological polar surface area (TPSA) is 63.2 Å². The summed E-state index contributed by atoms with van der Waals surface area (Å²) in [5.41, 5.74) is 2.83. The molecule has 3 aliphatic rings. The number of hydrogen-bond acceptors (Lipinski definition) is 4. The van der Waals surface area contributed by atoms with Gasteiger partial charge in [-0.3, -0.25) is 9.78 Å². The number of alkyl halides is 3. The SMILES string of the molecule is CNC1=C2CC2C(C)(NC(=O)c2cc(OCC(F)(F)F)c(C3CC3)cn2)C1. The van der Waals surface area contributed by atoms with Crippen LogP contribution >= 0.6 is 0 Å². The molecule has 0 aliphatic heterocycles. The number of amides is 1. The van der Waals surface area contributed by atoms with Gasteiger partial charge < -0.3 is 15.4 Å².